The summed E-state index contributed by atoms with van der Waals surface area (Å²) in [6, 6.07) is 10.7. The molecule has 0 aliphatic rings. The average Bonchev–Trinajstić information content (AvgIpc) is 2.87. The molecule has 1 aromatic heterocycles. The van der Waals surface area contributed by atoms with Crippen LogP contribution in [-0.4, -0.2) is 23.5 Å². The van der Waals surface area contributed by atoms with Gasteiger partial charge in [0.2, 0.25) is 0 Å². The molecule has 122 valence electrons. The maximum Gasteiger partial charge on any atom is 0.315 e. The van der Waals surface area contributed by atoms with Crippen molar-refractivity contribution in [1.82, 2.24) is 5.32 Å². The van der Waals surface area contributed by atoms with Crippen LogP contribution in [-0.2, 0) is 10.2 Å². The zero-order valence-corrected chi connectivity index (χ0v) is 13.6. The van der Waals surface area contributed by atoms with E-state index in [1.807, 2.05) is 6.07 Å². The van der Waals surface area contributed by atoms with E-state index >= 15 is 0 Å². The second-order valence-corrected chi connectivity index (χ2v) is 5.66. The van der Waals surface area contributed by atoms with Crippen LogP contribution in [0.3, 0.4) is 0 Å². The Labute approximate surface area is 135 Å². The number of aryl methyl sites for hydroxylation is 2. The van der Waals surface area contributed by atoms with E-state index in [0.29, 0.717) is 17.7 Å². The molecule has 0 fully saturated rings. The second kappa shape index (κ2) is 6.69. The van der Waals surface area contributed by atoms with E-state index in [9.17, 15) is 14.7 Å². The smallest absolute Gasteiger partial charge is 0.315 e. The van der Waals surface area contributed by atoms with Crippen LogP contribution in [0, 0.1) is 13.8 Å². The van der Waals surface area contributed by atoms with Crippen LogP contribution in [0.25, 0.3) is 0 Å². The molecule has 0 spiro atoms. The summed E-state index contributed by atoms with van der Waals surface area (Å²) < 4.78 is 5.38. The monoisotopic (exact) mass is 315 g/mol. The van der Waals surface area contributed by atoms with E-state index in [1.54, 1.807) is 51.1 Å². The van der Waals surface area contributed by atoms with Crippen molar-refractivity contribution >= 4 is 11.9 Å². The van der Waals surface area contributed by atoms with Gasteiger partial charge in [0.15, 0.2) is 5.76 Å². The van der Waals surface area contributed by atoms with Crippen molar-refractivity contribution in [3.8, 4) is 0 Å². The highest BCUT2D eigenvalue weighted by molar-refractivity contribution is 5.93. The molecular formula is C18H21NO4. The quantitative estimate of drug-likeness (QED) is 0.858. The van der Waals surface area contributed by atoms with Gasteiger partial charge in [-0.3, -0.25) is 9.59 Å². The molecule has 23 heavy (non-hydrogen) atoms. The molecule has 0 radical (unpaired) electrons. The van der Waals surface area contributed by atoms with Crippen molar-refractivity contribution in [3.05, 3.63) is 59.0 Å². The molecule has 0 saturated carbocycles. The third-order valence-electron chi connectivity index (χ3n) is 4.14. The van der Waals surface area contributed by atoms with Crippen LogP contribution in [0.1, 0.15) is 40.8 Å². The van der Waals surface area contributed by atoms with Gasteiger partial charge in [0.1, 0.15) is 11.2 Å². The lowest BCUT2D eigenvalue weighted by atomic mass is 9.78. The summed E-state index contributed by atoms with van der Waals surface area (Å²) in [6.45, 7) is 5.35. The first-order valence-electron chi connectivity index (χ1n) is 7.55. The summed E-state index contributed by atoms with van der Waals surface area (Å²) in [7, 11) is 0. The summed E-state index contributed by atoms with van der Waals surface area (Å²) >= 11 is 0. The predicted molar refractivity (Wildman–Crippen MR) is 86.6 cm³/mol. The highest BCUT2D eigenvalue weighted by Gasteiger charge is 2.39. The van der Waals surface area contributed by atoms with Gasteiger partial charge in [0.05, 0.1) is 0 Å². The van der Waals surface area contributed by atoms with Gasteiger partial charge < -0.3 is 14.8 Å². The molecule has 2 rings (SSSR count). The molecular weight excluding hydrogens is 294 g/mol. The molecule has 0 aliphatic heterocycles. The number of rotatable bonds is 6. The number of carbonyl (C=O) groups is 2. The van der Waals surface area contributed by atoms with E-state index in [-0.39, 0.29) is 12.3 Å². The maximum atomic E-state index is 12.3. The lowest BCUT2D eigenvalue weighted by molar-refractivity contribution is -0.143. The van der Waals surface area contributed by atoms with Gasteiger partial charge in [0, 0.05) is 12.1 Å². The van der Waals surface area contributed by atoms with Gasteiger partial charge in [-0.15, -0.1) is 0 Å². The van der Waals surface area contributed by atoms with Gasteiger partial charge >= 0.3 is 5.97 Å². The number of carboxylic acids is 1. The minimum Gasteiger partial charge on any atom is -0.481 e. The number of hydrogen-bond acceptors (Lipinski definition) is 3. The molecule has 0 saturated heterocycles. The number of carboxylic acid groups (broad SMARTS) is 1. The van der Waals surface area contributed by atoms with Gasteiger partial charge in [-0.05, 0) is 31.9 Å². The molecule has 0 aliphatic carbocycles. The highest BCUT2D eigenvalue weighted by atomic mass is 16.4. The van der Waals surface area contributed by atoms with Crippen LogP contribution in [0.15, 0.2) is 40.8 Å². The average molecular weight is 315 g/mol. The third kappa shape index (κ3) is 3.28. The Balaban J connectivity index is 2.24. The Kier molecular flexibility index (Phi) is 4.89. The number of benzene rings is 1. The van der Waals surface area contributed by atoms with E-state index in [0.717, 1.165) is 5.56 Å². The fourth-order valence-electron chi connectivity index (χ4n) is 2.72. The van der Waals surface area contributed by atoms with Crippen molar-refractivity contribution < 1.29 is 19.1 Å². The summed E-state index contributed by atoms with van der Waals surface area (Å²) in [5.41, 5.74) is 0.242. The van der Waals surface area contributed by atoms with Crippen LogP contribution in [0.5, 0.6) is 0 Å². The lowest BCUT2D eigenvalue weighted by Gasteiger charge is -2.28. The van der Waals surface area contributed by atoms with Crippen LogP contribution in [0.4, 0.5) is 0 Å². The molecule has 1 atom stereocenters. The normalized spacial score (nSPS) is 13.3. The SMILES string of the molecule is CCC(CNC(=O)c1oc(C)cc1C)(C(=O)O)c1ccccc1. The van der Waals surface area contributed by atoms with Gasteiger partial charge in [-0.1, -0.05) is 37.3 Å². The van der Waals surface area contributed by atoms with Crippen molar-refractivity contribution in [2.24, 2.45) is 0 Å². The number of aliphatic carboxylic acids is 1. The summed E-state index contributed by atoms with van der Waals surface area (Å²) in [5, 5.41) is 12.5. The predicted octanol–water partition coefficient (Wildman–Crippen LogP) is 3.06. The molecule has 2 aromatic rings. The number of hydrogen-bond donors (Lipinski definition) is 2. The second-order valence-electron chi connectivity index (χ2n) is 5.66. The van der Waals surface area contributed by atoms with Gasteiger partial charge in [-0.25, -0.2) is 0 Å². The molecule has 1 heterocycles. The first-order chi connectivity index (χ1) is 10.9. The van der Waals surface area contributed by atoms with Crippen LogP contribution < -0.4 is 5.32 Å². The Bertz CT molecular complexity index is 705. The number of carbonyl (C=O) groups excluding carboxylic acids is 1. The van der Waals surface area contributed by atoms with E-state index in [1.165, 1.54) is 0 Å². The van der Waals surface area contributed by atoms with Crippen LogP contribution in [0.2, 0.25) is 0 Å². The minimum absolute atomic E-state index is 0.000861. The molecule has 5 heteroatoms. The van der Waals surface area contributed by atoms with E-state index < -0.39 is 17.3 Å². The Morgan fingerprint density at radius 2 is 1.87 bits per heavy atom. The zero-order valence-electron chi connectivity index (χ0n) is 13.6. The van der Waals surface area contributed by atoms with Gasteiger partial charge in [0.25, 0.3) is 5.91 Å². The first-order valence-corrected chi connectivity index (χ1v) is 7.55. The zero-order chi connectivity index (χ0) is 17.0. The van der Waals surface area contributed by atoms with E-state index in [2.05, 4.69) is 5.32 Å². The fraction of sp³-hybridized carbons (Fsp3) is 0.333. The molecule has 1 amide bonds. The Morgan fingerprint density at radius 3 is 2.35 bits per heavy atom. The first kappa shape index (κ1) is 16.8. The van der Waals surface area contributed by atoms with Crippen molar-refractivity contribution in [3.63, 3.8) is 0 Å². The molecule has 1 unspecified atom stereocenters. The minimum atomic E-state index is -1.16. The standard InChI is InChI=1S/C18H21NO4/c1-4-18(17(21)22,14-8-6-5-7-9-14)11-19-16(20)15-12(2)10-13(3)23-15/h5-10H,4,11H2,1-3H3,(H,19,20)(H,21,22). The fourth-order valence-corrected chi connectivity index (χ4v) is 2.72. The van der Waals surface area contributed by atoms with Crippen LogP contribution >= 0.6 is 0 Å². The van der Waals surface area contributed by atoms with Crippen molar-refractivity contribution in [1.29, 1.82) is 0 Å². The molecule has 2 N–H and O–H groups in total. The van der Waals surface area contributed by atoms with Crippen molar-refractivity contribution in [2.45, 2.75) is 32.6 Å². The topological polar surface area (TPSA) is 79.5 Å². The Hall–Kier alpha value is -2.56. The molecule has 1 aromatic carbocycles. The summed E-state index contributed by atoms with van der Waals surface area (Å²) in [4.78, 5) is 24.2. The van der Waals surface area contributed by atoms with Gasteiger partial charge in [-0.2, -0.15) is 0 Å². The molecule has 0 bridgehead atoms. The highest BCUT2D eigenvalue weighted by Crippen LogP contribution is 2.28. The number of amides is 1. The third-order valence-corrected chi connectivity index (χ3v) is 4.14. The Morgan fingerprint density at radius 1 is 1.22 bits per heavy atom. The number of nitrogens with one attached hydrogen (secondary N) is 1. The van der Waals surface area contributed by atoms with E-state index in [4.69, 9.17) is 4.42 Å². The summed E-state index contributed by atoms with van der Waals surface area (Å²) in [6.07, 6.45) is 0.364. The lowest BCUT2D eigenvalue weighted by Crippen LogP contribution is -2.46. The molecule has 5 nitrogen and oxygen atoms in total. The number of furan rings is 1. The maximum absolute atomic E-state index is 12.3. The summed E-state index contributed by atoms with van der Waals surface area (Å²) in [5.74, 6) is -0.480. The largest absolute Gasteiger partial charge is 0.481 e. The van der Waals surface area contributed by atoms with Crippen molar-refractivity contribution in [2.75, 3.05) is 6.54 Å².